The van der Waals surface area contributed by atoms with Crippen LogP contribution in [0.3, 0.4) is 0 Å². The summed E-state index contributed by atoms with van der Waals surface area (Å²) >= 11 is 6.59. The fourth-order valence-corrected chi connectivity index (χ4v) is 3.44. The maximum atomic E-state index is 13.1. The van der Waals surface area contributed by atoms with E-state index in [2.05, 4.69) is 37.2 Å². The van der Waals surface area contributed by atoms with E-state index < -0.39 is 11.7 Å². The zero-order valence-corrected chi connectivity index (χ0v) is 15.6. The Bertz CT molecular complexity index is 813. The van der Waals surface area contributed by atoms with Crippen molar-refractivity contribution in [2.24, 2.45) is 5.92 Å². The van der Waals surface area contributed by atoms with Gasteiger partial charge in [-0.15, -0.1) is 0 Å². The van der Waals surface area contributed by atoms with Crippen LogP contribution < -0.4 is 10.2 Å². The number of rotatable bonds is 3. The van der Waals surface area contributed by atoms with Crippen LogP contribution in [0, 0.1) is 11.7 Å². The third kappa shape index (κ3) is 3.67. The van der Waals surface area contributed by atoms with Crippen molar-refractivity contribution in [2.75, 3.05) is 16.8 Å². The Balaban J connectivity index is 1.72. The minimum atomic E-state index is -0.451. The van der Waals surface area contributed by atoms with E-state index in [-0.39, 0.29) is 18.2 Å². The quantitative estimate of drug-likeness (QED) is 0.748. The molecule has 0 spiro atoms. The van der Waals surface area contributed by atoms with Gasteiger partial charge in [-0.2, -0.15) is 0 Å². The van der Waals surface area contributed by atoms with Crippen LogP contribution in [0.5, 0.6) is 0 Å². The van der Waals surface area contributed by atoms with Gasteiger partial charge < -0.3 is 10.2 Å². The van der Waals surface area contributed by atoms with E-state index >= 15 is 0 Å². The summed E-state index contributed by atoms with van der Waals surface area (Å²) in [7, 11) is 0. The molecule has 1 aliphatic rings. The number of halogens is 3. The van der Waals surface area contributed by atoms with E-state index in [0.29, 0.717) is 16.7 Å². The Morgan fingerprint density at radius 1 is 1.21 bits per heavy atom. The van der Waals surface area contributed by atoms with Gasteiger partial charge in [-0.05, 0) is 52.3 Å². The fourth-order valence-electron chi connectivity index (χ4n) is 2.60. The minimum absolute atomic E-state index is 0.0913. The molecule has 0 bridgehead atoms. The van der Waals surface area contributed by atoms with Crippen molar-refractivity contribution in [3.05, 3.63) is 57.2 Å². The van der Waals surface area contributed by atoms with Gasteiger partial charge in [0, 0.05) is 27.6 Å². The second-order valence-corrected chi connectivity index (χ2v) is 7.27. The lowest BCUT2D eigenvalue weighted by Gasteiger charge is -2.17. The molecule has 0 saturated carbocycles. The van der Waals surface area contributed by atoms with Gasteiger partial charge >= 0.3 is 0 Å². The Hall–Kier alpha value is -1.73. The number of benzene rings is 2. The summed E-state index contributed by atoms with van der Waals surface area (Å²) in [4.78, 5) is 26.3. The molecule has 0 aliphatic carbocycles. The molecule has 124 valence electrons. The largest absolute Gasteiger partial charge is 0.325 e. The molecule has 24 heavy (non-hydrogen) atoms. The second kappa shape index (κ2) is 7.03. The van der Waals surface area contributed by atoms with Crippen LogP contribution in [-0.2, 0) is 9.59 Å². The van der Waals surface area contributed by atoms with E-state index in [4.69, 9.17) is 0 Å². The van der Waals surface area contributed by atoms with E-state index in [1.165, 1.54) is 18.2 Å². The van der Waals surface area contributed by atoms with E-state index in [1.54, 1.807) is 4.90 Å². The van der Waals surface area contributed by atoms with E-state index in [1.807, 2.05) is 24.3 Å². The predicted octanol–water partition coefficient (Wildman–Crippen LogP) is 4.34. The molecule has 1 fully saturated rings. The first kappa shape index (κ1) is 17.1. The molecule has 2 aromatic carbocycles. The zero-order valence-electron chi connectivity index (χ0n) is 12.4. The van der Waals surface area contributed by atoms with Crippen molar-refractivity contribution in [3.8, 4) is 0 Å². The van der Waals surface area contributed by atoms with Crippen LogP contribution in [0.15, 0.2) is 51.4 Å². The number of amides is 2. The summed E-state index contributed by atoms with van der Waals surface area (Å²) in [6.45, 7) is 0.319. The topological polar surface area (TPSA) is 49.4 Å². The van der Waals surface area contributed by atoms with Gasteiger partial charge in [0.05, 0.1) is 11.6 Å². The molecule has 1 aliphatic heterocycles. The molecule has 2 aromatic rings. The number of hydrogen-bond donors (Lipinski definition) is 1. The molecule has 1 heterocycles. The summed E-state index contributed by atoms with van der Waals surface area (Å²) < 4.78 is 14.4. The van der Waals surface area contributed by atoms with Gasteiger partial charge in [0.2, 0.25) is 11.8 Å². The fraction of sp³-hybridized carbons (Fsp3) is 0.176. The number of nitrogens with zero attached hydrogens (tertiary/aromatic N) is 1. The summed E-state index contributed by atoms with van der Waals surface area (Å²) in [6.07, 6.45) is 0.150. The van der Waals surface area contributed by atoms with Crippen molar-refractivity contribution in [2.45, 2.75) is 6.42 Å². The minimum Gasteiger partial charge on any atom is -0.325 e. The molecule has 0 radical (unpaired) electrons. The van der Waals surface area contributed by atoms with Crippen LogP contribution in [0.4, 0.5) is 15.8 Å². The van der Waals surface area contributed by atoms with Crippen LogP contribution >= 0.6 is 31.9 Å². The lowest BCUT2D eigenvalue weighted by atomic mass is 10.1. The zero-order chi connectivity index (χ0) is 17.3. The van der Waals surface area contributed by atoms with Crippen molar-refractivity contribution in [3.63, 3.8) is 0 Å². The summed E-state index contributed by atoms with van der Waals surface area (Å²) in [5.41, 5.74) is 1.24. The number of anilines is 2. The molecule has 1 saturated heterocycles. The van der Waals surface area contributed by atoms with Gasteiger partial charge in [0.15, 0.2) is 0 Å². The monoisotopic (exact) mass is 454 g/mol. The molecular formula is C17H13Br2FN2O2. The average molecular weight is 456 g/mol. The van der Waals surface area contributed by atoms with Gasteiger partial charge in [0.25, 0.3) is 0 Å². The molecule has 2 amide bonds. The third-order valence-corrected chi connectivity index (χ3v) is 4.95. The van der Waals surface area contributed by atoms with Gasteiger partial charge in [-0.1, -0.05) is 22.0 Å². The standard InChI is InChI=1S/C17H13Br2FN2O2/c18-11-2-1-3-13(7-11)22-9-10(6-16(22)23)17(24)21-15-5-4-12(20)8-14(15)19/h1-5,7-8,10H,6,9H2,(H,21,24). The maximum absolute atomic E-state index is 13.1. The van der Waals surface area contributed by atoms with Crippen LogP contribution in [0.25, 0.3) is 0 Å². The SMILES string of the molecule is O=C(Nc1ccc(F)cc1Br)C1CC(=O)N(c2cccc(Br)c2)C1. The Morgan fingerprint density at radius 3 is 2.71 bits per heavy atom. The Kier molecular flexibility index (Phi) is 5.01. The highest BCUT2D eigenvalue weighted by molar-refractivity contribution is 9.10. The highest BCUT2D eigenvalue weighted by Crippen LogP contribution is 2.29. The Labute approximate surface area is 155 Å². The van der Waals surface area contributed by atoms with Crippen LogP contribution in [0.1, 0.15) is 6.42 Å². The normalized spacial score (nSPS) is 17.2. The molecule has 1 N–H and O–H groups in total. The molecule has 0 aromatic heterocycles. The second-order valence-electron chi connectivity index (χ2n) is 5.50. The molecule has 1 unspecified atom stereocenters. The number of nitrogens with one attached hydrogen (secondary N) is 1. The van der Waals surface area contributed by atoms with E-state index in [0.717, 1.165) is 10.2 Å². The molecule has 3 rings (SSSR count). The first-order valence-electron chi connectivity index (χ1n) is 7.26. The lowest BCUT2D eigenvalue weighted by molar-refractivity contribution is -0.122. The first-order valence-corrected chi connectivity index (χ1v) is 8.84. The van der Waals surface area contributed by atoms with Crippen LogP contribution in [0.2, 0.25) is 0 Å². The molecule has 7 heteroatoms. The van der Waals surface area contributed by atoms with E-state index in [9.17, 15) is 14.0 Å². The van der Waals surface area contributed by atoms with Gasteiger partial charge in [0.1, 0.15) is 5.82 Å². The van der Waals surface area contributed by atoms with Crippen LogP contribution in [-0.4, -0.2) is 18.4 Å². The number of carbonyl (C=O) groups excluding carboxylic acids is 2. The first-order chi connectivity index (χ1) is 11.4. The third-order valence-electron chi connectivity index (χ3n) is 3.80. The molecule has 1 atom stereocenters. The maximum Gasteiger partial charge on any atom is 0.229 e. The summed E-state index contributed by atoms with van der Waals surface area (Å²) in [5.74, 6) is -1.19. The van der Waals surface area contributed by atoms with Crippen molar-refractivity contribution >= 4 is 55.0 Å². The predicted molar refractivity (Wildman–Crippen MR) is 97.3 cm³/mol. The summed E-state index contributed by atoms with van der Waals surface area (Å²) in [6, 6.07) is 11.4. The van der Waals surface area contributed by atoms with Crippen molar-refractivity contribution in [1.29, 1.82) is 0 Å². The smallest absolute Gasteiger partial charge is 0.229 e. The van der Waals surface area contributed by atoms with Crippen molar-refractivity contribution < 1.29 is 14.0 Å². The number of carbonyl (C=O) groups is 2. The average Bonchev–Trinajstić information content (AvgIpc) is 2.92. The highest BCUT2D eigenvalue weighted by Gasteiger charge is 2.35. The van der Waals surface area contributed by atoms with Crippen molar-refractivity contribution in [1.82, 2.24) is 0 Å². The lowest BCUT2D eigenvalue weighted by Crippen LogP contribution is -2.28. The highest BCUT2D eigenvalue weighted by atomic mass is 79.9. The van der Waals surface area contributed by atoms with Gasteiger partial charge in [-0.3, -0.25) is 9.59 Å². The molecule has 4 nitrogen and oxygen atoms in total. The number of hydrogen-bond acceptors (Lipinski definition) is 2. The Morgan fingerprint density at radius 2 is 2.00 bits per heavy atom. The molecular weight excluding hydrogens is 443 g/mol. The van der Waals surface area contributed by atoms with Gasteiger partial charge in [-0.25, -0.2) is 4.39 Å². The summed E-state index contributed by atoms with van der Waals surface area (Å²) in [5, 5.41) is 2.74.